The highest BCUT2D eigenvalue weighted by Crippen LogP contribution is 2.45. The van der Waals surface area contributed by atoms with Crippen LogP contribution in [0, 0.1) is 0 Å². The standard InChI is InChI=1S/C27H26N8O3/c1-34-13-21(36)32-25(34)18-4-2-16(3-5-18)12-35-26-19(11-31-35)10-28-24(33-26)22-23(17-6-7-17)29-15-30-27(22)38-20-8-9-37-14-20/h2-5,10-11,13,15,17,20,36H,6-9,12,14H2,1H3. The van der Waals surface area contributed by atoms with Crippen molar-refractivity contribution in [1.82, 2.24) is 39.3 Å². The molecule has 1 saturated carbocycles. The van der Waals surface area contributed by atoms with Crippen LogP contribution in [0.2, 0.25) is 0 Å². The van der Waals surface area contributed by atoms with E-state index in [1.807, 2.05) is 36.0 Å². The molecule has 0 amide bonds. The lowest BCUT2D eigenvalue weighted by atomic mass is 10.1. The molecule has 1 aromatic carbocycles. The maximum absolute atomic E-state index is 9.69. The number of ether oxygens (including phenoxy) is 2. The van der Waals surface area contributed by atoms with E-state index in [0.29, 0.717) is 43.2 Å². The first-order valence-electron chi connectivity index (χ1n) is 12.7. The molecule has 2 aliphatic rings. The summed E-state index contributed by atoms with van der Waals surface area (Å²) in [7, 11) is 1.85. The molecule has 0 spiro atoms. The number of aromatic nitrogens is 8. The van der Waals surface area contributed by atoms with Crippen LogP contribution in [0.5, 0.6) is 11.8 Å². The van der Waals surface area contributed by atoms with Crippen LogP contribution in [0.15, 0.2) is 49.2 Å². The molecule has 38 heavy (non-hydrogen) atoms. The molecule has 0 radical (unpaired) electrons. The lowest BCUT2D eigenvalue weighted by Crippen LogP contribution is -2.18. The summed E-state index contributed by atoms with van der Waals surface area (Å²) in [6, 6.07) is 8.04. The van der Waals surface area contributed by atoms with Crippen LogP contribution in [0.25, 0.3) is 33.8 Å². The summed E-state index contributed by atoms with van der Waals surface area (Å²) in [5.41, 5.74) is 4.41. The second kappa shape index (κ2) is 9.18. The Labute approximate surface area is 218 Å². The van der Waals surface area contributed by atoms with Gasteiger partial charge in [0.25, 0.3) is 0 Å². The topological polar surface area (TPSA) is 126 Å². The summed E-state index contributed by atoms with van der Waals surface area (Å²) >= 11 is 0. The summed E-state index contributed by atoms with van der Waals surface area (Å²) in [6.07, 6.45) is 9.69. The molecule has 1 atom stereocenters. The van der Waals surface area contributed by atoms with Crippen molar-refractivity contribution in [3.63, 3.8) is 0 Å². The molecule has 5 heterocycles. The van der Waals surface area contributed by atoms with Gasteiger partial charge in [-0.3, -0.25) is 0 Å². The zero-order chi connectivity index (χ0) is 25.6. The Bertz CT molecular complexity index is 1620. The van der Waals surface area contributed by atoms with Crippen LogP contribution in [0.1, 0.15) is 36.4 Å². The number of aromatic hydroxyl groups is 1. The zero-order valence-electron chi connectivity index (χ0n) is 20.9. The first-order chi connectivity index (χ1) is 18.6. The van der Waals surface area contributed by atoms with Crippen molar-refractivity contribution in [3.05, 3.63) is 60.4 Å². The Morgan fingerprint density at radius 2 is 1.92 bits per heavy atom. The molecule has 1 aliphatic carbocycles. The second-order valence-corrected chi connectivity index (χ2v) is 9.82. The molecule has 1 saturated heterocycles. The predicted molar refractivity (Wildman–Crippen MR) is 138 cm³/mol. The summed E-state index contributed by atoms with van der Waals surface area (Å²) < 4.78 is 15.4. The summed E-state index contributed by atoms with van der Waals surface area (Å²) in [5, 5.41) is 15.1. The number of nitrogens with zero attached hydrogens (tertiary/aromatic N) is 8. The number of imidazole rings is 1. The predicted octanol–water partition coefficient (Wildman–Crippen LogP) is 3.48. The third-order valence-corrected chi connectivity index (χ3v) is 6.98. The van der Waals surface area contributed by atoms with Gasteiger partial charge in [-0.15, -0.1) is 0 Å². The quantitative estimate of drug-likeness (QED) is 0.350. The van der Waals surface area contributed by atoms with Crippen LogP contribution < -0.4 is 4.74 Å². The highest BCUT2D eigenvalue weighted by Gasteiger charge is 2.32. The van der Waals surface area contributed by atoms with Gasteiger partial charge in [-0.1, -0.05) is 24.3 Å². The van der Waals surface area contributed by atoms with Crippen molar-refractivity contribution in [3.8, 4) is 34.5 Å². The van der Waals surface area contributed by atoms with Gasteiger partial charge >= 0.3 is 0 Å². The first kappa shape index (κ1) is 22.8. The van der Waals surface area contributed by atoms with Crippen LogP contribution in [-0.4, -0.2) is 63.7 Å². The average molecular weight is 511 g/mol. The van der Waals surface area contributed by atoms with E-state index < -0.39 is 0 Å². The van der Waals surface area contributed by atoms with Crippen LogP contribution >= 0.6 is 0 Å². The van der Waals surface area contributed by atoms with Gasteiger partial charge in [0.1, 0.15) is 23.8 Å². The van der Waals surface area contributed by atoms with Gasteiger partial charge in [0, 0.05) is 31.1 Å². The van der Waals surface area contributed by atoms with Crippen molar-refractivity contribution in [2.45, 2.75) is 37.8 Å². The van der Waals surface area contributed by atoms with Crippen LogP contribution in [-0.2, 0) is 18.3 Å². The molecular formula is C27H26N8O3. The van der Waals surface area contributed by atoms with Gasteiger partial charge < -0.3 is 19.1 Å². The summed E-state index contributed by atoms with van der Waals surface area (Å²) in [5.74, 6) is 2.14. The van der Waals surface area contributed by atoms with Gasteiger partial charge in [-0.05, 0) is 18.4 Å². The molecule has 11 heteroatoms. The van der Waals surface area contributed by atoms with Crippen LogP contribution in [0.3, 0.4) is 0 Å². The molecule has 5 aromatic rings. The van der Waals surface area contributed by atoms with E-state index in [4.69, 9.17) is 14.5 Å². The fourth-order valence-electron chi connectivity index (χ4n) is 4.87. The Morgan fingerprint density at radius 3 is 2.66 bits per heavy atom. The van der Waals surface area contributed by atoms with E-state index in [0.717, 1.165) is 52.7 Å². The van der Waals surface area contributed by atoms with Crippen molar-refractivity contribution >= 4 is 11.0 Å². The van der Waals surface area contributed by atoms with Crippen molar-refractivity contribution < 1.29 is 14.6 Å². The molecule has 1 N–H and O–H groups in total. The molecule has 1 aliphatic heterocycles. The molecule has 11 nitrogen and oxygen atoms in total. The summed E-state index contributed by atoms with van der Waals surface area (Å²) in [4.78, 5) is 22.9. The number of fused-ring (bicyclic) bond motifs is 1. The molecule has 0 bridgehead atoms. The lowest BCUT2D eigenvalue weighted by Gasteiger charge is -2.16. The molecule has 4 aromatic heterocycles. The third-order valence-electron chi connectivity index (χ3n) is 6.98. The number of aryl methyl sites for hydroxylation is 1. The summed E-state index contributed by atoms with van der Waals surface area (Å²) in [6.45, 7) is 1.78. The highest BCUT2D eigenvalue weighted by atomic mass is 16.5. The highest BCUT2D eigenvalue weighted by molar-refractivity contribution is 5.77. The fraction of sp³-hybridized carbons (Fsp3) is 0.333. The van der Waals surface area contributed by atoms with Gasteiger partial charge in [0.2, 0.25) is 11.8 Å². The van der Waals surface area contributed by atoms with E-state index in [1.54, 1.807) is 29.5 Å². The third kappa shape index (κ3) is 4.24. The lowest BCUT2D eigenvalue weighted by molar-refractivity contribution is 0.138. The Balaban J connectivity index is 1.22. The van der Waals surface area contributed by atoms with E-state index >= 15 is 0 Å². The van der Waals surface area contributed by atoms with Crippen molar-refractivity contribution in [2.75, 3.05) is 13.2 Å². The molecule has 2 fully saturated rings. The SMILES string of the molecule is Cn1cc(O)nc1-c1ccc(Cn2ncc3cnc(-c4c(OC5CCOC5)ncnc4C4CC4)nc32)cc1. The number of rotatable bonds is 7. The Hall–Kier alpha value is -4.38. The Morgan fingerprint density at radius 1 is 1.05 bits per heavy atom. The van der Waals surface area contributed by atoms with Crippen molar-refractivity contribution in [2.24, 2.45) is 7.05 Å². The first-order valence-corrected chi connectivity index (χ1v) is 12.7. The minimum atomic E-state index is -0.0392. The smallest absolute Gasteiger partial charge is 0.229 e. The zero-order valence-corrected chi connectivity index (χ0v) is 20.9. The molecule has 192 valence electrons. The maximum Gasteiger partial charge on any atom is 0.229 e. The largest absolute Gasteiger partial charge is 0.492 e. The molecule has 7 rings (SSSR count). The number of hydrogen-bond donors (Lipinski definition) is 1. The normalized spacial score (nSPS) is 17.3. The Kier molecular flexibility index (Phi) is 5.50. The second-order valence-electron chi connectivity index (χ2n) is 9.82. The van der Waals surface area contributed by atoms with E-state index in [1.165, 1.54) is 0 Å². The average Bonchev–Trinajstić information content (AvgIpc) is 3.34. The van der Waals surface area contributed by atoms with Crippen LogP contribution in [0.4, 0.5) is 0 Å². The van der Waals surface area contributed by atoms with Gasteiger partial charge in [0.05, 0.1) is 43.2 Å². The monoisotopic (exact) mass is 510 g/mol. The van der Waals surface area contributed by atoms with E-state index in [-0.39, 0.29) is 12.0 Å². The minimum absolute atomic E-state index is 0.00358. The van der Waals surface area contributed by atoms with E-state index in [9.17, 15) is 5.11 Å². The van der Waals surface area contributed by atoms with Gasteiger partial charge in [-0.25, -0.2) is 24.6 Å². The van der Waals surface area contributed by atoms with Gasteiger partial charge in [0.15, 0.2) is 11.5 Å². The van der Waals surface area contributed by atoms with Gasteiger partial charge in [-0.2, -0.15) is 10.1 Å². The number of benzene rings is 1. The maximum atomic E-state index is 9.69. The minimum Gasteiger partial charge on any atom is -0.492 e. The number of hydrogen-bond acceptors (Lipinski definition) is 9. The van der Waals surface area contributed by atoms with Crippen molar-refractivity contribution in [1.29, 1.82) is 0 Å². The molecular weight excluding hydrogens is 484 g/mol. The van der Waals surface area contributed by atoms with E-state index in [2.05, 4.69) is 25.0 Å². The molecule has 1 unspecified atom stereocenters. The fourth-order valence-corrected chi connectivity index (χ4v) is 4.87.